The van der Waals surface area contributed by atoms with E-state index in [1.165, 1.54) is 36.2 Å². The third-order valence-electron chi connectivity index (χ3n) is 6.02. The molecule has 4 aromatic heterocycles. The molecule has 4 aromatic rings. The van der Waals surface area contributed by atoms with E-state index >= 15 is 0 Å². The van der Waals surface area contributed by atoms with E-state index in [0.717, 1.165) is 49.6 Å². The summed E-state index contributed by atoms with van der Waals surface area (Å²) in [5, 5.41) is 6.64. The van der Waals surface area contributed by atoms with Crippen LogP contribution in [-0.4, -0.2) is 29.2 Å². The Hall–Kier alpha value is -2.32. The van der Waals surface area contributed by atoms with Crippen LogP contribution in [0.4, 0.5) is 5.69 Å². The van der Waals surface area contributed by atoms with Gasteiger partial charge >= 0.3 is 0 Å². The Morgan fingerprint density at radius 1 is 1.24 bits per heavy atom. The van der Waals surface area contributed by atoms with Gasteiger partial charge < -0.3 is 5.73 Å². The lowest BCUT2D eigenvalue weighted by Crippen LogP contribution is -2.23. The molecule has 0 radical (unpaired) electrons. The minimum atomic E-state index is -1.02. The molecule has 0 aromatic carbocycles. The summed E-state index contributed by atoms with van der Waals surface area (Å²) in [5.74, 6) is 0.524. The maximum atomic E-state index is 13.0. The second kappa shape index (κ2) is 6.34. The van der Waals surface area contributed by atoms with Gasteiger partial charge in [0.15, 0.2) is 5.65 Å². The Bertz CT molecular complexity index is 1300. The number of hydrogen-bond donors (Lipinski definition) is 1. The number of rotatable bonds is 4. The maximum Gasteiger partial charge on any atom is 0.181 e. The van der Waals surface area contributed by atoms with E-state index in [0.29, 0.717) is 11.6 Å². The minimum absolute atomic E-state index is 0.256. The van der Waals surface area contributed by atoms with Crippen LogP contribution < -0.4 is 5.73 Å². The number of anilines is 1. The molecule has 29 heavy (non-hydrogen) atoms. The highest BCUT2D eigenvalue weighted by Gasteiger charge is 2.32. The van der Waals surface area contributed by atoms with Crippen molar-refractivity contribution in [3.05, 3.63) is 30.1 Å². The number of aromatic nitrogens is 4. The monoisotopic (exact) mass is 423 g/mol. The third-order valence-corrected chi connectivity index (χ3v) is 9.32. The Morgan fingerprint density at radius 3 is 2.79 bits per heavy atom. The van der Waals surface area contributed by atoms with Crippen molar-refractivity contribution in [2.24, 2.45) is 7.05 Å². The molecule has 1 atom stereocenters. The van der Waals surface area contributed by atoms with Crippen molar-refractivity contribution in [2.75, 3.05) is 5.73 Å². The number of hydrogen-bond acceptors (Lipinski definition) is 6. The average molecular weight is 424 g/mol. The lowest BCUT2D eigenvalue weighted by molar-refractivity contribution is 0.505. The van der Waals surface area contributed by atoms with Crippen molar-refractivity contribution in [3.63, 3.8) is 0 Å². The maximum absolute atomic E-state index is 13.0. The summed E-state index contributed by atoms with van der Waals surface area (Å²) < 4.78 is 15.6. The van der Waals surface area contributed by atoms with E-state index in [4.69, 9.17) is 10.7 Å². The molecule has 2 aliphatic rings. The van der Waals surface area contributed by atoms with Gasteiger partial charge in [-0.15, -0.1) is 11.3 Å². The lowest BCUT2D eigenvalue weighted by Gasteiger charge is -2.23. The van der Waals surface area contributed by atoms with Gasteiger partial charge in [-0.05, 0) is 49.3 Å². The molecule has 8 heteroatoms. The Balaban J connectivity index is 1.53. The van der Waals surface area contributed by atoms with Gasteiger partial charge in [-0.2, -0.15) is 5.10 Å². The number of pyridine rings is 2. The predicted octanol–water partition coefficient (Wildman–Crippen LogP) is 4.36. The normalized spacial score (nSPS) is 18.4. The third kappa shape index (κ3) is 2.80. The van der Waals surface area contributed by atoms with Crippen LogP contribution in [0.1, 0.15) is 43.6 Å². The number of nitrogens with zero attached hydrogens (tertiary/aromatic N) is 4. The van der Waals surface area contributed by atoms with E-state index in [1.807, 2.05) is 19.4 Å². The number of nitrogens with two attached hydrogens (primary N) is 1. The predicted molar refractivity (Wildman–Crippen MR) is 118 cm³/mol. The van der Waals surface area contributed by atoms with E-state index in [1.54, 1.807) is 4.68 Å². The number of fused-ring (bicyclic) bond motifs is 2. The van der Waals surface area contributed by atoms with Gasteiger partial charge in [0.05, 0.1) is 22.2 Å². The summed E-state index contributed by atoms with van der Waals surface area (Å²) in [4.78, 5) is 10.3. The molecule has 148 valence electrons. The fraction of sp³-hybridized carbons (Fsp3) is 0.381. The summed E-state index contributed by atoms with van der Waals surface area (Å²) in [6, 6.07) is 4.25. The Morgan fingerprint density at radius 2 is 2.07 bits per heavy atom. The van der Waals surface area contributed by atoms with Gasteiger partial charge in [0, 0.05) is 41.0 Å². The lowest BCUT2D eigenvalue weighted by atomic mass is 10.0. The molecule has 0 amide bonds. The van der Waals surface area contributed by atoms with Crippen molar-refractivity contribution in [1.82, 2.24) is 19.7 Å². The average Bonchev–Trinajstić information content (AvgIpc) is 3.36. The molecule has 1 unspecified atom stereocenters. The van der Waals surface area contributed by atoms with Crippen LogP contribution in [0.5, 0.6) is 0 Å². The summed E-state index contributed by atoms with van der Waals surface area (Å²) in [6.45, 7) is 0. The fourth-order valence-electron chi connectivity index (χ4n) is 4.05. The molecule has 2 N–H and O–H groups in total. The van der Waals surface area contributed by atoms with Crippen LogP contribution in [0.25, 0.3) is 32.5 Å². The number of aryl methyl sites for hydroxylation is 1. The molecule has 2 fully saturated rings. The molecule has 0 saturated heterocycles. The van der Waals surface area contributed by atoms with Crippen molar-refractivity contribution < 1.29 is 4.21 Å². The zero-order valence-electron chi connectivity index (χ0n) is 16.1. The number of thiophene rings is 1. The minimum Gasteiger partial charge on any atom is -0.396 e. The molecule has 0 bridgehead atoms. The van der Waals surface area contributed by atoms with E-state index in [-0.39, 0.29) is 5.25 Å². The highest BCUT2D eigenvalue weighted by Crippen LogP contribution is 2.49. The van der Waals surface area contributed by atoms with E-state index in [2.05, 4.69) is 22.2 Å². The Labute approximate surface area is 174 Å². The topological polar surface area (TPSA) is 86.7 Å². The first-order valence-corrected chi connectivity index (χ1v) is 12.0. The van der Waals surface area contributed by atoms with Gasteiger partial charge in [0.25, 0.3) is 0 Å². The first kappa shape index (κ1) is 17.5. The Kier molecular flexibility index (Phi) is 3.83. The summed E-state index contributed by atoms with van der Waals surface area (Å²) in [5.41, 5.74) is 11.1. The van der Waals surface area contributed by atoms with Crippen molar-refractivity contribution in [1.29, 1.82) is 0 Å². The molecule has 0 spiro atoms. The first-order chi connectivity index (χ1) is 14.1. The van der Waals surface area contributed by atoms with Crippen LogP contribution in [0.2, 0.25) is 0 Å². The summed E-state index contributed by atoms with van der Waals surface area (Å²) in [6.07, 6.45) is 9.39. The van der Waals surface area contributed by atoms with E-state index in [9.17, 15) is 4.21 Å². The second-order valence-electron chi connectivity index (χ2n) is 8.14. The second-order valence-corrected chi connectivity index (χ2v) is 11.1. The molecule has 0 aliphatic heterocycles. The van der Waals surface area contributed by atoms with Crippen LogP contribution in [0.15, 0.2) is 28.7 Å². The molecule has 4 heterocycles. The molecule has 2 aliphatic carbocycles. The van der Waals surface area contributed by atoms with Gasteiger partial charge in [0.2, 0.25) is 0 Å². The zero-order chi connectivity index (χ0) is 19.7. The highest BCUT2D eigenvalue weighted by molar-refractivity contribution is 7.88. The highest BCUT2D eigenvalue weighted by atomic mass is 32.2. The van der Waals surface area contributed by atoms with Crippen LogP contribution >= 0.6 is 11.3 Å². The first-order valence-electron chi connectivity index (χ1n) is 10.0. The van der Waals surface area contributed by atoms with Gasteiger partial charge in [-0.3, -0.25) is 8.89 Å². The van der Waals surface area contributed by atoms with Gasteiger partial charge in [0.1, 0.15) is 9.04 Å². The molecule has 2 saturated carbocycles. The van der Waals surface area contributed by atoms with Crippen LogP contribution in [0, 0.1) is 0 Å². The van der Waals surface area contributed by atoms with Crippen LogP contribution in [-0.2, 0) is 17.8 Å². The van der Waals surface area contributed by atoms with Crippen molar-refractivity contribution in [2.45, 2.75) is 47.5 Å². The van der Waals surface area contributed by atoms with Crippen molar-refractivity contribution in [3.8, 4) is 11.3 Å². The fourth-order valence-corrected chi connectivity index (χ4v) is 7.27. The zero-order valence-corrected chi connectivity index (χ0v) is 17.7. The largest absolute Gasteiger partial charge is 0.396 e. The molecule has 6 rings (SSSR count). The smallest absolute Gasteiger partial charge is 0.181 e. The van der Waals surface area contributed by atoms with E-state index < -0.39 is 10.8 Å². The summed E-state index contributed by atoms with van der Waals surface area (Å²) >= 11 is 1.51. The molecular formula is C21H21N5OS2. The standard InChI is InChI=1S/C21H21N5OS2/c1-26-10-13-7-12(9-23-19(13)25-26)16-8-15(11-5-6-11)17-18(22)21(28-20(17)24-16)29(27)14-3-2-4-14/h7-11,14H,2-6,22H2,1H3. The van der Waals surface area contributed by atoms with Gasteiger partial charge in [-0.1, -0.05) is 6.42 Å². The molecule has 6 nitrogen and oxygen atoms in total. The molecular weight excluding hydrogens is 402 g/mol. The van der Waals surface area contributed by atoms with Gasteiger partial charge in [-0.25, -0.2) is 9.97 Å². The summed E-state index contributed by atoms with van der Waals surface area (Å²) in [7, 11) is 0.874. The van der Waals surface area contributed by atoms with Crippen molar-refractivity contribution >= 4 is 49.1 Å². The number of nitrogen functional groups attached to an aromatic ring is 1. The quantitative estimate of drug-likeness (QED) is 0.527. The van der Waals surface area contributed by atoms with Crippen LogP contribution in [0.3, 0.4) is 0 Å². The SMILES string of the molecule is Cn1cc2cc(-c3cc(C4CC4)c4c(N)c(S(=O)C5CCC5)sc4n3)cnc2n1.